The van der Waals surface area contributed by atoms with E-state index in [-0.39, 0.29) is 5.84 Å². The van der Waals surface area contributed by atoms with Crippen LogP contribution in [-0.4, -0.2) is 35.8 Å². The maximum Gasteiger partial charge on any atom is 0.224 e. The zero-order valence-electron chi connectivity index (χ0n) is 10.1. The van der Waals surface area contributed by atoms with E-state index in [2.05, 4.69) is 10.1 Å². The van der Waals surface area contributed by atoms with Crippen molar-refractivity contribution in [3.05, 3.63) is 23.9 Å². The molecular formula is C12H17N3O3. The Morgan fingerprint density at radius 2 is 2.33 bits per heavy atom. The van der Waals surface area contributed by atoms with Gasteiger partial charge in [-0.3, -0.25) is 0 Å². The predicted molar refractivity (Wildman–Crippen MR) is 65.8 cm³/mol. The zero-order chi connectivity index (χ0) is 12.8. The number of nitrogens with zero attached hydrogens (tertiary/aromatic N) is 2. The van der Waals surface area contributed by atoms with Crippen LogP contribution in [0.15, 0.2) is 23.5 Å². The van der Waals surface area contributed by atoms with Crippen molar-refractivity contribution in [2.75, 3.05) is 19.8 Å². The molecule has 1 aliphatic heterocycles. The Kier molecular flexibility index (Phi) is 4.35. The minimum absolute atomic E-state index is 0.00470. The fourth-order valence-electron chi connectivity index (χ4n) is 1.86. The number of nitrogens with two attached hydrogens (primary N) is 1. The van der Waals surface area contributed by atoms with Crippen molar-refractivity contribution in [3.8, 4) is 5.88 Å². The van der Waals surface area contributed by atoms with E-state index in [0.717, 1.165) is 26.1 Å². The minimum atomic E-state index is 0.00470. The lowest BCUT2D eigenvalue weighted by molar-refractivity contribution is 0.0490. The van der Waals surface area contributed by atoms with E-state index in [1.54, 1.807) is 18.3 Å². The van der Waals surface area contributed by atoms with Crippen LogP contribution in [0, 0.1) is 5.92 Å². The zero-order valence-corrected chi connectivity index (χ0v) is 10.1. The molecule has 0 amide bonds. The summed E-state index contributed by atoms with van der Waals surface area (Å²) in [6.45, 7) is 2.14. The fraction of sp³-hybridized carbons (Fsp3) is 0.500. The number of rotatable bonds is 4. The first-order valence-corrected chi connectivity index (χ1v) is 5.94. The van der Waals surface area contributed by atoms with Gasteiger partial charge in [-0.25, -0.2) is 4.98 Å². The van der Waals surface area contributed by atoms with Gasteiger partial charge in [0, 0.05) is 19.4 Å². The molecule has 18 heavy (non-hydrogen) atoms. The van der Waals surface area contributed by atoms with Crippen LogP contribution in [0.25, 0.3) is 0 Å². The average Bonchev–Trinajstić information content (AvgIpc) is 2.45. The molecule has 2 rings (SSSR count). The van der Waals surface area contributed by atoms with Crippen LogP contribution >= 0.6 is 0 Å². The standard InChI is InChI=1S/C12H17N3O3/c13-11(15-16)10-2-1-5-14-12(10)18-8-9-3-6-17-7-4-9/h1-2,5,9,16H,3-4,6-8H2,(H2,13,15). The Balaban J connectivity index is 2.00. The first-order chi connectivity index (χ1) is 8.81. The lowest BCUT2D eigenvalue weighted by Gasteiger charge is -2.22. The Hall–Kier alpha value is -1.82. The van der Waals surface area contributed by atoms with Gasteiger partial charge in [-0.15, -0.1) is 0 Å². The molecule has 6 heteroatoms. The van der Waals surface area contributed by atoms with Gasteiger partial charge in [0.15, 0.2) is 5.84 Å². The average molecular weight is 251 g/mol. The normalized spacial score (nSPS) is 17.7. The number of hydrogen-bond donors (Lipinski definition) is 2. The van der Waals surface area contributed by atoms with Crippen molar-refractivity contribution >= 4 is 5.84 Å². The van der Waals surface area contributed by atoms with Gasteiger partial charge in [-0.1, -0.05) is 5.16 Å². The van der Waals surface area contributed by atoms with Crippen LogP contribution in [-0.2, 0) is 4.74 Å². The highest BCUT2D eigenvalue weighted by molar-refractivity contribution is 5.98. The van der Waals surface area contributed by atoms with Gasteiger partial charge in [0.05, 0.1) is 12.2 Å². The number of oxime groups is 1. The van der Waals surface area contributed by atoms with Crippen LogP contribution in [0.2, 0.25) is 0 Å². The third-order valence-corrected chi connectivity index (χ3v) is 2.95. The number of amidine groups is 1. The fourth-order valence-corrected chi connectivity index (χ4v) is 1.86. The Morgan fingerprint density at radius 3 is 3.06 bits per heavy atom. The molecule has 1 aromatic heterocycles. The minimum Gasteiger partial charge on any atom is -0.477 e. The van der Waals surface area contributed by atoms with Gasteiger partial charge in [0.25, 0.3) is 0 Å². The molecule has 0 unspecified atom stereocenters. The Bertz CT molecular complexity index is 417. The van der Waals surface area contributed by atoms with Gasteiger partial charge in [0.2, 0.25) is 5.88 Å². The largest absolute Gasteiger partial charge is 0.477 e. The van der Waals surface area contributed by atoms with E-state index in [9.17, 15) is 0 Å². The van der Waals surface area contributed by atoms with E-state index >= 15 is 0 Å². The van der Waals surface area contributed by atoms with Crippen molar-refractivity contribution in [2.45, 2.75) is 12.8 Å². The lowest BCUT2D eigenvalue weighted by atomic mass is 10.0. The van der Waals surface area contributed by atoms with Crippen molar-refractivity contribution < 1.29 is 14.7 Å². The second kappa shape index (κ2) is 6.20. The molecule has 3 N–H and O–H groups in total. The third kappa shape index (κ3) is 3.10. The summed E-state index contributed by atoms with van der Waals surface area (Å²) in [5.41, 5.74) is 6.07. The topological polar surface area (TPSA) is 90.0 Å². The number of hydrogen-bond acceptors (Lipinski definition) is 5. The van der Waals surface area contributed by atoms with Crippen LogP contribution in [0.4, 0.5) is 0 Å². The van der Waals surface area contributed by atoms with Crippen LogP contribution in [0.1, 0.15) is 18.4 Å². The monoisotopic (exact) mass is 251 g/mol. The molecule has 0 spiro atoms. The van der Waals surface area contributed by atoms with Gasteiger partial charge in [0.1, 0.15) is 0 Å². The summed E-state index contributed by atoms with van der Waals surface area (Å²) in [6.07, 6.45) is 3.60. The summed E-state index contributed by atoms with van der Waals surface area (Å²) in [7, 11) is 0. The highest BCUT2D eigenvalue weighted by Crippen LogP contribution is 2.19. The first-order valence-electron chi connectivity index (χ1n) is 5.94. The van der Waals surface area contributed by atoms with Gasteiger partial charge >= 0.3 is 0 Å². The quantitative estimate of drug-likeness (QED) is 0.360. The third-order valence-electron chi connectivity index (χ3n) is 2.95. The summed E-state index contributed by atoms with van der Waals surface area (Å²) < 4.78 is 10.9. The molecule has 98 valence electrons. The Morgan fingerprint density at radius 1 is 1.56 bits per heavy atom. The maximum absolute atomic E-state index is 8.69. The Labute approximate surface area is 105 Å². The van der Waals surface area contributed by atoms with Crippen molar-refractivity contribution in [3.63, 3.8) is 0 Å². The number of pyridine rings is 1. The smallest absolute Gasteiger partial charge is 0.224 e. The predicted octanol–water partition coefficient (Wildman–Crippen LogP) is 0.981. The van der Waals surface area contributed by atoms with Crippen LogP contribution in [0.5, 0.6) is 5.88 Å². The molecule has 0 saturated carbocycles. The summed E-state index contributed by atoms with van der Waals surface area (Å²) in [5.74, 6) is 0.880. The highest BCUT2D eigenvalue weighted by Gasteiger charge is 2.16. The molecule has 6 nitrogen and oxygen atoms in total. The van der Waals surface area contributed by atoms with Gasteiger partial charge in [-0.05, 0) is 30.9 Å². The van der Waals surface area contributed by atoms with E-state index in [1.165, 1.54) is 0 Å². The lowest BCUT2D eigenvalue weighted by Crippen LogP contribution is -2.23. The molecule has 0 atom stereocenters. The second-order valence-electron chi connectivity index (χ2n) is 4.21. The summed E-state index contributed by atoms with van der Waals surface area (Å²) in [6, 6.07) is 3.43. The molecule has 1 aliphatic rings. The van der Waals surface area contributed by atoms with Gasteiger partial charge in [-0.2, -0.15) is 0 Å². The molecule has 0 aromatic carbocycles. The number of aromatic nitrogens is 1. The maximum atomic E-state index is 8.69. The number of ether oxygens (including phenoxy) is 2. The first kappa shape index (κ1) is 12.6. The van der Waals surface area contributed by atoms with Crippen molar-refractivity contribution in [1.82, 2.24) is 4.98 Å². The van der Waals surface area contributed by atoms with E-state index in [0.29, 0.717) is 24.0 Å². The molecule has 2 heterocycles. The molecule has 1 aromatic rings. The molecule has 1 saturated heterocycles. The molecule has 1 fully saturated rings. The van der Waals surface area contributed by atoms with E-state index < -0.39 is 0 Å². The van der Waals surface area contributed by atoms with Crippen molar-refractivity contribution in [2.24, 2.45) is 16.8 Å². The van der Waals surface area contributed by atoms with E-state index in [1.807, 2.05) is 0 Å². The molecule has 0 bridgehead atoms. The second-order valence-corrected chi connectivity index (χ2v) is 4.21. The van der Waals surface area contributed by atoms with Crippen molar-refractivity contribution in [1.29, 1.82) is 0 Å². The van der Waals surface area contributed by atoms with Crippen LogP contribution < -0.4 is 10.5 Å². The highest BCUT2D eigenvalue weighted by atomic mass is 16.5. The molecular weight excluding hydrogens is 234 g/mol. The van der Waals surface area contributed by atoms with E-state index in [4.69, 9.17) is 20.4 Å². The summed E-state index contributed by atoms with van der Waals surface area (Å²) in [4.78, 5) is 4.11. The molecule has 0 aliphatic carbocycles. The SMILES string of the molecule is N/C(=N/O)c1cccnc1OCC1CCOCC1. The molecule has 0 radical (unpaired) electrons. The summed E-state index contributed by atoms with van der Waals surface area (Å²) >= 11 is 0. The van der Waals surface area contributed by atoms with Crippen LogP contribution in [0.3, 0.4) is 0 Å². The summed E-state index contributed by atoms with van der Waals surface area (Å²) in [5, 5.41) is 11.7. The van der Waals surface area contributed by atoms with Gasteiger partial charge < -0.3 is 20.4 Å².